The highest BCUT2D eigenvalue weighted by Gasteiger charge is 2.37. The third-order valence-electron chi connectivity index (χ3n) is 4.84. The summed E-state index contributed by atoms with van der Waals surface area (Å²) in [7, 11) is 0. The summed E-state index contributed by atoms with van der Waals surface area (Å²) < 4.78 is 5.44. The van der Waals surface area contributed by atoms with Crippen LogP contribution in [-0.4, -0.2) is 35.3 Å². The molecule has 1 aliphatic rings. The second kappa shape index (κ2) is 9.15. The first-order chi connectivity index (χ1) is 13.5. The van der Waals surface area contributed by atoms with Crippen LogP contribution in [0, 0.1) is 13.8 Å². The van der Waals surface area contributed by atoms with Gasteiger partial charge in [-0.3, -0.25) is 10.1 Å². The number of hydrogen-bond donors (Lipinski definition) is 1. The van der Waals surface area contributed by atoms with Crippen LogP contribution in [-0.2, 0) is 9.53 Å². The predicted octanol–water partition coefficient (Wildman–Crippen LogP) is 4.90. The summed E-state index contributed by atoms with van der Waals surface area (Å²) in [6.45, 7) is 6.21. The van der Waals surface area contributed by atoms with E-state index in [1.165, 1.54) is 5.56 Å². The zero-order valence-electron chi connectivity index (χ0n) is 16.5. The molecular weight excluding hydrogens is 372 g/mol. The van der Waals surface area contributed by atoms with E-state index in [0.717, 1.165) is 11.1 Å². The van der Waals surface area contributed by atoms with Gasteiger partial charge in [-0.05, 0) is 38.0 Å². The van der Waals surface area contributed by atoms with Gasteiger partial charge in [0, 0.05) is 5.69 Å². The zero-order chi connectivity index (χ0) is 20.1. The normalized spacial score (nSPS) is 17.5. The topological polar surface area (TPSA) is 58.6 Å². The summed E-state index contributed by atoms with van der Waals surface area (Å²) >= 11 is 1.62. The number of carbonyl (C=O) groups excluding carboxylic acids is 2. The van der Waals surface area contributed by atoms with Crippen LogP contribution >= 0.6 is 11.8 Å². The van der Waals surface area contributed by atoms with E-state index in [9.17, 15) is 9.59 Å². The van der Waals surface area contributed by atoms with Crippen molar-refractivity contribution < 1.29 is 14.3 Å². The van der Waals surface area contributed by atoms with Gasteiger partial charge in [-0.25, -0.2) is 4.79 Å². The summed E-state index contributed by atoms with van der Waals surface area (Å²) in [6.07, 6.45) is 0.209. The average Bonchev–Trinajstić information content (AvgIpc) is 3.06. The standard InChI is InChI=1S/C22H26N2O3S/c1-4-19(13-27-22(26)23-18-11-7-16(3)8-12-18)24-20(25)14-28-21(24)17-9-5-15(2)6-10-17/h5-12,19,21H,4,13-14H2,1-3H3,(H,23,26)/t19-,21-/m0/s1. The van der Waals surface area contributed by atoms with Gasteiger partial charge in [-0.1, -0.05) is 54.4 Å². The number of hydrogen-bond acceptors (Lipinski definition) is 4. The molecule has 6 heteroatoms. The molecule has 1 saturated heterocycles. The number of nitrogens with zero attached hydrogens (tertiary/aromatic N) is 1. The lowest BCUT2D eigenvalue weighted by Crippen LogP contribution is -2.41. The molecule has 1 N–H and O–H groups in total. The number of amides is 2. The van der Waals surface area contributed by atoms with Crippen molar-refractivity contribution in [2.75, 3.05) is 17.7 Å². The first kappa shape index (κ1) is 20.3. The van der Waals surface area contributed by atoms with E-state index in [1.54, 1.807) is 11.8 Å². The van der Waals surface area contributed by atoms with Gasteiger partial charge in [0.15, 0.2) is 0 Å². The molecule has 148 valence electrons. The Morgan fingerprint density at radius 2 is 1.75 bits per heavy atom. The fourth-order valence-corrected chi connectivity index (χ4v) is 4.43. The molecule has 5 nitrogen and oxygen atoms in total. The Balaban J connectivity index is 1.63. The molecule has 0 radical (unpaired) electrons. The van der Waals surface area contributed by atoms with Gasteiger partial charge in [-0.15, -0.1) is 11.8 Å². The SMILES string of the molecule is CC[C@@H](COC(=O)Nc1ccc(C)cc1)N1C(=O)CS[C@H]1c1ccc(C)cc1. The number of rotatable bonds is 6. The van der Waals surface area contributed by atoms with Crippen LogP contribution < -0.4 is 5.32 Å². The molecule has 28 heavy (non-hydrogen) atoms. The average molecular weight is 399 g/mol. The third-order valence-corrected chi connectivity index (χ3v) is 6.07. The molecule has 2 aromatic carbocycles. The second-order valence-corrected chi connectivity index (χ2v) is 8.10. The minimum Gasteiger partial charge on any atom is -0.447 e. The monoisotopic (exact) mass is 398 g/mol. The first-order valence-corrected chi connectivity index (χ1v) is 10.5. The lowest BCUT2D eigenvalue weighted by molar-refractivity contribution is -0.131. The van der Waals surface area contributed by atoms with Crippen molar-refractivity contribution in [2.24, 2.45) is 0 Å². The first-order valence-electron chi connectivity index (χ1n) is 9.47. The van der Waals surface area contributed by atoms with Crippen molar-refractivity contribution in [2.45, 2.75) is 38.6 Å². The molecule has 3 rings (SSSR count). The zero-order valence-corrected chi connectivity index (χ0v) is 17.3. The van der Waals surface area contributed by atoms with E-state index in [4.69, 9.17) is 4.74 Å². The Labute approximate surface area is 170 Å². The van der Waals surface area contributed by atoms with Crippen molar-refractivity contribution in [3.63, 3.8) is 0 Å². The number of thioether (sulfide) groups is 1. The van der Waals surface area contributed by atoms with Crippen LogP contribution in [0.2, 0.25) is 0 Å². The van der Waals surface area contributed by atoms with Crippen molar-refractivity contribution in [3.05, 3.63) is 65.2 Å². The number of aryl methyl sites for hydroxylation is 2. The molecule has 0 aliphatic carbocycles. The van der Waals surface area contributed by atoms with Gasteiger partial charge < -0.3 is 9.64 Å². The van der Waals surface area contributed by atoms with Crippen molar-refractivity contribution >= 4 is 29.4 Å². The van der Waals surface area contributed by atoms with Crippen molar-refractivity contribution in [1.29, 1.82) is 0 Å². The molecule has 1 heterocycles. The van der Waals surface area contributed by atoms with Crippen molar-refractivity contribution in [3.8, 4) is 0 Å². The molecule has 1 fully saturated rings. The fraction of sp³-hybridized carbons (Fsp3) is 0.364. The lowest BCUT2D eigenvalue weighted by Gasteiger charge is -2.32. The highest BCUT2D eigenvalue weighted by Crippen LogP contribution is 2.40. The molecular formula is C22H26N2O3S. The number of carbonyl (C=O) groups is 2. The maximum Gasteiger partial charge on any atom is 0.411 e. The summed E-state index contributed by atoms with van der Waals surface area (Å²) in [6, 6.07) is 15.6. The lowest BCUT2D eigenvalue weighted by atomic mass is 10.1. The van der Waals surface area contributed by atoms with E-state index >= 15 is 0 Å². The Bertz CT molecular complexity index is 821. The number of ether oxygens (including phenoxy) is 1. The number of anilines is 1. The van der Waals surface area contributed by atoms with E-state index in [0.29, 0.717) is 17.9 Å². The Morgan fingerprint density at radius 3 is 2.36 bits per heavy atom. The molecule has 0 bridgehead atoms. The highest BCUT2D eigenvalue weighted by molar-refractivity contribution is 8.00. The largest absolute Gasteiger partial charge is 0.447 e. The highest BCUT2D eigenvalue weighted by atomic mass is 32.2. The molecule has 0 unspecified atom stereocenters. The Hall–Kier alpha value is -2.47. The van der Waals surface area contributed by atoms with Gasteiger partial charge >= 0.3 is 6.09 Å². The number of nitrogens with one attached hydrogen (secondary N) is 1. The summed E-state index contributed by atoms with van der Waals surface area (Å²) in [5.41, 5.74) is 4.10. The second-order valence-electron chi connectivity index (χ2n) is 7.03. The van der Waals surface area contributed by atoms with E-state index < -0.39 is 6.09 Å². The van der Waals surface area contributed by atoms with Gasteiger partial charge in [0.2, 0.25) is 5.91 Å². The van der Waals surface area contributed by atoms with E-state index in [-0.39, 0.29) is 23.9 Å². The maximum absolute atomic E-state index is 12.5. The van der Waals surface area contributed by atoms with Gasteiger partial charge in [0.25, 0.3) is 0 Å². The number of benzene rings is 2. The van der Waals surface area contributed by atoms with Crippen LogP contribution in [0.3, 0.4) is 0 Å². The predicted molar refractivity (Wildman–Crippen MR) is 113 cm³/mol. The third kappa shape index (κ3) is 4.87. The quantitative estimate of drug-likeness (QED) is 0.751. The van der Waals surface area contributed by atoms with Crippen LogP contribution in [0.5, 0.6) is 0 Å². The van der Waals surface area contributed by atoms with Crippen molar-refractivity contribution in [1.82, 2.24) is 4.90 Å². The Kier molecular flexibility index (Phi) is 6.62. The smallest absolute Gasteiger partial charge is 0.411 e. The van der Waals surface area contributed by atoms with Gasteiger partial charge in [-0.2, -0.15) is 0 Å². The molecule has 1 aliphatic heterocycles. The molecule has 0 saturated carbocycles. The van der Waals surface area contributed by atoms with Gasteiger partial charge in [0.05, 0.1) is 11.8 Å². The van der Waals surface area contributed by atoms with E-state index in [2.05, 4.69) is 29.6 Å². The van der Waals surface area contributed by atoms with Crippen LogP contribution in [0.4, 0.5) is 10.5 Å². The molecule has 2 aromatic rings. The van der Waals surface area contributed by atoms with Crippen LogP contribution in [0.25, 0.3) is 0 Å². The minimum atomic E-state index is -0.506. The fourth-order valence-electron chi connectivity index (χ4n) is 3.18. The summed E-state index contributed by atoms with van der Waals surface area (Å²) in [4.78, 5) is 26.6. The molecule has 0 aromatic heterocycles. The van der Waals surface area contributed by atoms with E-state index in [1.807, 2.05) is 49.9 Å². The minimum absolute atomic E-state index is 0.0400. The molecule has 2 atom stereocenters. The van der Waals surface area contributed by atoms with Crippen LogP contribution in [0.1, 0.15) is 35.4 Å². The van der Waals surface area contributed by atoms with Crippen LogP contribution in [0.15, 0.2) is 48.5 Å². The molecule has 0 spiro atoms. The Morgan fingerprint density at radius 1 is 1.14 bits per heavy atom. The summed E-state index contributed by atoms with van der Waals surface area (Å²) in [5.74, 6) is 0.537. The van der Waals surface area contributed by atoms with Gasteiger partial charge in [0.1, 0.15) is 12.0 Å². The molecule has 2 amide bonds. The maximum atomic E-state index is 12.5. The summed E-state index contributed by atoms with van der Waals surface area (Å²) in [5, 5.41) is 2.69.